The molecule has 112 valence electrons. The summed E-state index contributed by atoms with van der Waals surface area (Å²) in [7, 11) is 0. The van der Waals surface area contributed by atoms with E-state index in [0.29, 0.717) is 18.7 Å². The Hall–Kier alpha value is -2.08. The van der Waals surface area contributed by atoms with Crippen LogP contribution >= 0.6 is 0 Å². The summed E-state index contributed by atoms with van der Waals surface area (Å²) in [4.78, 5) is 0. The zero-order chi connectivity index (χ0) is 15.4. The minimum Gasteiger partial charge on any atom is -0.448 e. The Kier molecular flexibility index (Phi) is 4.80. The first-order chi connectivity index (χ1) is 10.0. The van der Waals surface area contributed by atoms with Gasteiger partial charge in [-0.1, -0.05) is 13.0 Å². The average molecular weight is 299 g/mol. The standard InChI is InChI=1S/C15H13F4NO/c1-2-20-8-9-6-11(17)15(12(18)7-9)21-13-5-3-4-10(16)14(13)19/h3-7,20H,2,8H2,1H3. The van der Waals surface area contributed by atoms with Crippen LogP contribution in [0.15, 0.2) is 30.3 Å². The van der Waals surface area contributed by atoms with Gasteiger partial charge >= 0.3 is 0 Å². The summed E-state index contributed by atoms with van der Waals surface area (Å²) in [5.41, 5.74) is 0.388. The third-order valence-electron chi connectivity index (χ3n) is 2.77. The van der Waals surface area contributed by atoms with E-state index in [0.717, 1.165) is 24.3 Å². The quantitative estimate of drug-likeness (QED) is 0.838. The van der Waals surface area contributed by atoms with Gasteiger partial charge in [-0.25, -0.2) is 13.2 Å². The fourth-order valence-electron chi connectivity index (χ4n) is 1.75. The van der Waals surface area contributed by atoms with E-state index in [1.807, 2.05) is 6.92 Å². The topological polar surface area (TPSA) is 21.3 Å². The van der Waals surface area contributed by atoms with E-state index in [9.17, 15) is 17.6 Å². The molecule has 0 aliphatic heterocycles. The van der Waals surface area contributed by atoms with Gasteiger partial charge in [0.1, 0.15) is 0 Å². The predicted molar refractivity (Wildman–Crippen MR) is 70.2 cm³/mol. The highest BCUT2D eigenvalue weighted by Crippen LogP contribution is 2.30. The van der Waals surface area contributed by atoms with E-state index in [1.54, 1.807) is 0 Å². The van der Waals surface area contributed by atoms with Crippen LogP contribution in [0.4, 0.5) is 17.6 Å². The minimum atomic E-state index is -1.30. The molecule has 0 amide bonds. The normalized spacial score (nSPS) is 10.7. The lowest BCUT2D eigenvalue weighted by molar-refractivity contribution is 0.375. The lowest BCUT2D eigenvalue weighted by atomic mass is 10.2. The van der Waals surface area contributed by atoms with E-state index in [-0.39, 0.29) is 0 Å². The Bertz CT molecular complexity index is 623. The minimum absolute atomic E-state index is 0.291. The highest BCUT2D eigenvalue weighted by Gasteiger charge is 2.17. The van der Waals surface area contributed by atoms with Crippen LogP contribution in [0.5, 0.6) is 11.5 Å². The summed E-state index contributed by atoms with van der Waals surface area (Å²) in [6.07, 6.45) is 0. The highest BCUT2D eigenvalue weighted by atomic mass is 19.2. The van der Waals surface area contributed by atoms with Gasteiger partial charge in [0.25, 0.3) is 0 Å². The van der Waals surface area contributed by atoms with Crippen LogP contribution in [0.3, 0.4) is 0 Å². The van der Waals surface area contributed by atoms with Gasteiger partial charge in [0.05, 0.1) is 0 Å². The van der Waals surface area contributed by atoms with Crippen LogP contribution in [-0.2, 0) is 6.54 Å². The molecule has 0 aromatic heterocycles. The molecule has 1 N–H and O–H groups in total. The average Bonchev–Trinajstić information content (AvgIpc) is 2.45. The summed E-state index contributed by atoms with van der Waals surface area (Å²) in [5, 5.41) is 2.92. The largest absolute Gasteiger partial charge is 0.448 e. The summed E-state index contributed by atoms with van der Waals surface area (Å²) in [5.74, 6) is -5.75. The van der Waals surface area contributed by atoms with Crippen molar-refractivity contribution in [2.24, 2.45) is 0 Å². The molecule has 0 unspecified atom stereocenters. The second kappa shape index (κ2) is 6.58. The Labute approximate surface area is 119 Å². The van der Waals surface area contributed by atoms with E-state index in [1.165, 1.54) is 6.07 Å². The number of rotatable bonds is 5. The summed E-state index contributed by atoms with van der Waals surface area (Å²) in [6, 6.07) is 5.32. The molecule has 0 aliphatic rings. The second-order valence-electron chi connectivity index (χ2n) is 4.32. The number of benzene rings is 2. The summed E-state index contributed by atoms with van der Waals surface area (Å²) >= 11 is 0. The molecule has 2 rings (SSSR count). The number of hydrogen-bond donors (Lipinski definition) is 1. The maximum Gasteiger partial charge on any atom is 0.201 e. The molecule has 0 bridgehead atoms. The molecule has 2 aromatic carbocycles. The Morgan fingerprint density at radius 2 is 1.67 bits per heavy atom. The molecule has 6 heteroatoms. The monoisotopic (exact) mass is 299 g/mol. The summed E-state index contributed by atoms with van der Waals surface area (Å²) in [6.45, 7) is 2.80. The molecule has 0 spiro atoms. The van der Waals surface area contributed by atoms with E-state index in [4.69, 9.17) is 4.74 Å². The first-order valence-electron chi connectivity index (χ1n) is 6.33. The Balaban J connectivity index is 2.30. The van der Waals surface area contributed by atoms with Gasteiger partial charge in [0, 0.05) is 6.54 Å². The van der Waals surface area contributed by atoms with Crippen LogP contribution in [0, 0.1) is 23.3 Å². The van der Waals surface area contributed by atoms with Crippen molar-refractivity contribution in [3.63, 3.8) is 0 Å². The van der Waals surface area contributed by atoms with Gasteiger partial charge in [0.15, 0.2) is 29.0 Å². The Morgan fingerprint density at radius 1 is 1.00 bits per heavy atom. The van der Waals surface area contributed by atoms with Crippen LogP contribution in [-0.4, -0.2) is 6.54 Å². The molecule has 0 fully saturated rings. The van der Waals surface area contributed by atoms with E-state index in [2.05, 4.69) is 5.32 Å². The first-order valence-corrected chi connectivity index (χ1v) is 6.33. The molecule has 21 heavy (non-hydrogen) atoms. The maximum atomic E-state index is 13.8. The van der Waals surface area contributed by atoms with E-state index >= 15 is 0 Å². The van der Waals surface area contributed by atoms with Crippen LogP contribution in [0.2, 0.25) is 0 Å². The molecule has 0 saturated carbocycles. The fourth-order valence-corrected chi connectivity index (χ4v) is 1.75. The molecular formula is C15H13F4NO. The maximum absolute atomic E-state index is 13.8. The molecule has 2 aromatic rings. The predicted octanol–water partition coefficient (Wildman–Crippen LogP) is 4.14. The lowest BCUT2D eigenvalue weighted by Crippen LogP contribution is -2.12. The molecule has 0 radical (unpaired) electrons. The molecule has 0 heterocycles. The van der Waals surface area contributed by atoms with Gasteiger partial charge in [-0.2, -0.15) is 4.39 Å². The first kappa shape index (κ1) is 15.3. The number of nitrogens with one attached hydrogen (secondary N) is 1. The second-order valence-corrected chi connectivity index (χ2v) is 4.32. The third kappa shape index (κ3) is 3.52. The van der Waals surface area contributed by atoms with Gasteiger partial charge < -0.3 is 10.1 Å². The summed E-state index contributed by atoms with van der Waals surface area (Å²) < 4.78 is 59.0. The Morgan fingerprint density at radius 3 is 2.29 bits per heavy atom. The number of halogens is 4. The van der Waals surface area contributed by atoms with Crippen molar-refractivity contribution in [3.05, 3.63) is 59.2 Å². The fraction of sp³-hybridized carbons (Fsp3) is 0.200. The zero-order valence-corrected chi connectivity index (χ0v) is 11.2. The van der Waals surface area contributed by atoms with Crippen molar-refractivity contribution in [2.45, 2.75) is 13.5 Å². The SMILES string of the molecule is CCNCc1cc(F)c(Oc2cccc(F)c2F)c(F)c1. The molecule has 0 aliphatic carbocycles. The molecule has 2 nitrogen and oxygen atoms in total. The smallest absolute Gasteiger partial charge is 0.201 e. The lowest BCUT2D eigenvalue weighted by Gasteiger charge is -2.11. The molecule has 0 atom stereocenters. The van der Waals surface area contributed by atoms with Crippen molar-refractivity contribution in [1.29, 1.82) is 0 Å². The molecule has 0 saturated heterocycles. The van der Waals surface area contributed by atoms with Gasteiger partial charge in [-0.3, -0.25) is 0 Å². The van der Waals surface area contributed by atoms with Gasteiger partial charge in [-0.05, 0) is 36.4 Å². The van der Waals surface area contributed by atoms with Crippen molar-refractivity contribution in [2.75, 3.05) is 6.54 Å². The van der Waals surface area contributed by atoms with Crippen LogP contribution in [0.1, 0.15) is 12.5 Å². The van der Waals surface area contributed by atoms with Crippen molar-refractivity contribution < 1.29 is 22.3 Å². The number of ether oxygens (including phenoxy) is 1. The van der Waals surface area contributed by atoms with Gasteiger partial charge in [0.2, 0.25) is 5.82 Å². The highest BCUT2D eigenvalue weighted by molar-refractivity contribution is 5.36. The van der Waals surface area contributed by atoms with Crippen LogP contribution < -0.4 is 10.1 Å². The van der Waals surface area contributed by atoms with Crippen molar-refractivity contribution in [3.8, 4) is 11.5 Å². The van der Waals surface area contributed by atoms with Crippen LogP contribution in [0.25, 0.3) is 0 Å². The third-order valence-corrected chi connectivity index (χ3v) is 2.77. The number of hydrogen-bond acceptors (Lipinski definition) is 2. The van der Waals surface area contributed by atoms with E-state index < -0.39 is 34.8 Å². The van der Waals surface area contributed by atoms with Gasteiger partial charge in [-0.15, -0.1) is 0 Å². The van der Waals surface area contributed by atoms with Crippen molar-refractivity contribution in [1.82, 2.24) is 5.32 Å². The van der Waals surface area contributed by atoms with Crippen molar-refractivity contribution >= 4 is 0 Å². The zero-order valence-electron chi connectivity index (χ0n) is 11.2. The molecular weight excluding hydrogens is 286 g/mol.